The third-order valence-electron chi connectivity index (χ3n) is 3.08. The number of rotatable bonds is 3. The van der Waals surface area contributed by atoms with Crippen molar-refractivity contribution < 1.29 is 0 Å². The van der Waals surface area contributed by atoms with Gasteiger partial charge in [0.25, 0.3) is 0 Å². The quantitative estimate of drug-likeness (QED) is 0.728. The average molecular weight is 404 g/mol. The summed E-state index contributed by atoms with van der Waals surface area (Å²) >= 11 is 13.3. The highest BCUT2D eigenvalue weighted by Crippen LogP contribution is 2.31. The van der Waals surface area contributed by atoms with Gasteiger partial charge in [0.1, 0.15) is 0 Å². The van der Waals surface area contributed by atoms with Crippen LogP contribution in [0.4, 0.5) is 0 Å². The largest absolute Gasteiger partial charge is 0.324 e. The highest BCUT2D eigenvalue weighted by atomic mass is 79.9. The second-order valence-corrected chi connectivity index (χ2v) is 6.64. The lowest BCUT2D eigenvalue weighted by atomic mass is 9.99. The number of hydrogen-bond donors (Lipinski definition) is 1. The van der Waals surface area contributed by atoms with Gasteiger partial charge in [0, 0.05) is 20.0 Å². The molecule has 2 N–H and O–H groups in total. The van der Waals surface area contributed by atoms with Crippen LogP contribution >= 0.6 is 43.5 Å². The van der Waals surface area contributed by atoms with Crippen molar-refractivity contribution in [3.63, 3.8) is 0 Å². The Hall–Kier alpha value is -0.350. The number of aryl methyl sites for hydroxylation is 1. The highest BCUT2D eigenvalue weighted by molar-refractivity contribution is 9.11. The standard InChI is InChI=1S/C15H14Br2ClN/c1-9-6-13(17)11(8-12(9)16)15(19)7-10-4-2-3-5-14(10)18/h2-6,8,15H,7,19H2,1H3. The van der Waals surface area contributed by atoms with Crippen molar-refractivity contribution in [2.45, 2.75) is 19.4 Å². The third-order valence-corrected chi connectivity index (χ3v) is 4.98. The summed E-state index contributed by atoms with van der Waals surface area (Å²) in [5.74, 6) is 0. The molecule has 1 nitrogen and oxygen atoms in total. The van der Waals surface area contributed by atoms with Crippen molar-refractivity contribution in [1.82, 2.24) is 0 Å². The van der Waals surface area contributed by atoms with E-state index < -0.39 is 0 Å². The van der Waals surface area contributed by atoms with Crippen LogP contribution in [0.15, 0.2) is 45.3 Å². The summed E-state index contributed by atoms with van der Waals surface area (Å²) in [6.07, 6.45) is 0.716. The van der Waals surface area contributed by atoms with Crippen LogP contribution in [0.2, 0.25) is 5.02 Å². The van der Waals surface area contributed by atoms with Gasteiger partial charge in [-0.15, -0.1) is 0 Å². The first-order valence-electron chi connectivity index (χ1n) is 5.93. The van der Waals surface area contributed by atoms with Gasteiger partial charge in [-0.25, -0.2) is 0 Å². The van der Waals surface area contributed by atoms with E-state index in [9.17, 15) is 0 Å². The lowest BCUT2D eigenvalue weighted by molar-refractivity contribution is 0.717. The van der Waals surface area contributed by atoms with E-state index in [0.717, 1.165) is 25.1 Å². The lowest BCUT2D eigenvalue weighted by Gasteiger charge is -2.16. The molecule has 0 spiro atoms. The van der Waals surface area contributed by atoms with Gasteiger partial charge in [0.2, 0.25) is 0 Å². The summed E-state index contributed by atoms with van der Waals surface area (Å²) in [6.45, 7) is 2.05. The SMILES string of the molecule is Cc1cc(Br)c(C(N)Cc2ccccc2Cl)cc1Br. The van der Waals surface area contributed by atoms with Crippen molar-refractivity contribution in [2.24, 2.45) is 5.73 Å². The minimum atomic E-state index is -0.0915. The monoisotopic (exact) mass is 401 g/mol. The van der Waals surface area contributed by atoms with Crippen LogP contribution in [0.1, 0.15) is 22.7 Å². The van der Waals surface area contributed by atoms with Crippen LogP contribution in [-0.4, -0.2) is 0 Å². The van der Waals surface area contributed by atoms with E-state index in [1.807, 2.05) is 24.3 Å². The summed E-state index contributed by atoms with van der Waals surface area (Å²) < 4.78 is 2.10. The van der Waals surface area contributed by atoms with Crippen molar-refractivity contribution in [2.75, 3.05) is 0 Å². The Labute approximate surface area is 135 Å². The second-order valence-electron chi connectivity index (χ2n) is 4.52. The Kier molecular flexibility index (Phi) is 5.07. The molecule has 0 aliphatic heterocycles. The van der Waals surface area contributed by atoms with Gasteiger partial charge < -0.3 is 5.73 Å². The lowest BCUT2D eigenvalue weighted by Crippen LogP contribution is -2.14. The molecule has 2 aromatic rings. The van der Waals surface area contributed by atoms with Gasteiger partial charge >= 0.3 is 0 Å². The zero-order valence-electron chi connectivity index (χ0n) is 10.5. The summed E-state index contributed by atoms with van der Waals surface area (Å²) in [4.78, 5) is 0. The average Bonchev–Trinajstić information content (AvgIpc) is 2.36. The highest BCUT2D eigenvalue weighted by Gasteiger charge is 2.14. The molecule has 1 unspecified atom stereocenters. The maximum atomic E-state index is 6.31. The van der Waals surface area contributed by atoms with Crippen LogP contribution in [0.25, 0.3) is 0 Å². The number of nitrogens with two attached hydrogens (primary N) is 1. The molecule has 0 aromatic heterocycles. The zero-order chi connectivity index (χ0) is 14.0. The predicted molar refractivity (Wildman–Crippen MR) is 88.7 cm³/mol. The molecule has 0 fully saturated rings. The predicted octanol–water partition coefficient (Wildman–Crippen LogP) is 5.42. The van der Waals surface area contributed by atoms with Gasteiger partial charge in [-0.1, -0.05) is 61.7 Å². The van der Waals surface area contributed by atoms with Crippen LogP contribution in [0, 0.1) is 6.92 Å². The molecule has 100 valence electrons. The van der Waals surface area contributed by atoms with E-state index in [2.05, 4.69) is 50.9 Å². The topological polar surface area (TPSA) is 26.0 Å². The Balaban J connectivity index is 2.28. The second kappa shape index (κ2) is 6.40. The Morgan fingerprint density at radius 1 is 1.16 bits per heavy atom. The van der Waals surface area contributed by atoms with E-state index >= 15 is 0 Å². The fourth-order valence-electron chi connectivity index (χ4n) is 1.96. The molecule has 19 heavy (non-hydrogen) atoms. The zero-order valence-corrected chi connectivity index (χ0v) is 14.4. The normalized spacial score (nSPS) is 12.5. The van der Waals surface area contributed by atoms with Crippen LogP contribution < -0.4 is 5.73 Å². The van der Waals surface area contributed by atoms with E-state index in [1.54, 1.807) is 0 Å². The molecule has 0 aliphatic carbocycles. The smallest absolute Gasteiger partial charge is 0.0438 e. The molecular formula is C15H14Br2ClN. The van der Waals surface area contributed by atoms with Crippen LogP contribution in [0.5, 0.6) is 0 Å². The fourth-order valence-corrected chi connectivity index (χ4v) is 3.28. The molecule has 1 atom stereocenters. The van der Waals surface area contributed by atoms with Crippen LogP contribution in [-0.2, 0) is 6.42 Å². The molecule has 0 amide bonds. The maximum Gasteiger partial charge on any atom is 0.0438 e. The van der Waals surface area contributed by atoms with Gasteiger partial charge in [0.05, 0.1) is 0 Å². The third kappa shape index (κ3) is 3.60. The minimum Gasteiger partial charge on any atom is -0.324 e. The fraction of sp³-hybridized carbons (Fsp3) is 0.200. The summed E-state index contributed by atoms with van der Waals surface area (Å²) in [5, 5.41) is 0.764. The first-order chi connectivity index (χ1) is 8.99. The van der Waals surface area contributed by atoms with Gasteiger partial charge in [-0.3, -0.25) is 0 Å². The molecule has 4 heteroatoms. The maximum absolute atomic E-state index is 6.31. The Bertz CT molecular complexity index is 599. The first kappa shape index (κ1) is 15.0. The molecule has 0 saturated heterocycles. The Morgan fingerprint density at radius 2 is 1.84 bits per heavy atom. The molecule has 2 aromatic carbocycles. The van der Waals surface area contributed by atoms with Crippen molar-refractivity contribution in [3.8, 4) is 0 Å². The molecule has 0 heterocycles. The molecular weight excluding hydrogens is 389 g/mol. The van der Waals surface area contributed by atoms with Gasteiger partial charge in [0.15, 0.2) is 0 Å². The number of hydrogen-bond acceptors (Lipinski definition) is 1. The van der Waals surface area contributed by atoms with E-state index in [-0.39, 0.29) is 6.04 Å². The van der Waals surface area contributed by atoms with E-state index in [1.165, 1.54) is 5.56 Å². The van der Waals surface area contributed by atoms with Gasteiger partial charge in [-0.05, 0) is 48.2 Å². The molecule has 0 bridgehead atoms. The minimum absolute atomic E-state index is 0.0915. The van der Waals surface area contributed by atoms with E-state index in [4.69, 9.17) is 17.3 Å². The van der Waals surface area contributed by atoms with Gasteiger partial charge in [-0.2, -0.15) is 0 Å². The van der Waals surface area contributed by atoms with Crippen LogP contribution in [0.3, 0.4) is 0 Å². The molecule has 0 radical (unpaired) electrons. The van der Waals surface area contributed by atoms with Crippen molar-refractivity contribution in [1.29, 1.82) is 0 Å². The Morgan fingerprint density at radius 3 is 2.53 bits per heavy atom. The first-order valence-corrected chi connectivity index (χ1v) is 7.90. The molecule has 2 rings (SSSR count). The van der Waals surface area contributed by atoms with Crippen molar-refractivity contribution >= 4 is 43.5 Å². The number of halogens is 3. The summed E-state index contributed by atoms with van der Waals surface area (Å²) in [6, 6.07) is 11.9. The molecule has 0 saturated carbocycles. The van der Waals surface area contributed by atoms with E-state index in [0.29, 0.717) is 6.42 Å². The molecule has 0 aliphatic rings. The number of benzene rings is 2. The summed E-state index contributed by atoms with van der Waals surface area (Å²) in [7, 11) is 0. The van der Waals surface area contributed by atoms with Crippen molar-refractivity contribution in [3.05, 3.63) is 67.1 Å². The summed E-state index contributed by atoms with van der Waals surface area (Å²) in [5.41, 5.74) is 9.64.